The fourth-order valence-corrected chi connectivity index (χ4v) is 1.32. The number of amides is 3. The van der Waals surface area contributed by atoms with Crippen LogP contribution in [0.5, 0.6) is 0 Å². The van der Waals surface area contributed by atoms with Crippen molar-refractivity contribution in [2.75, 3.05) is 11.4 Å². The van der Waals surface area contributed by atoms with E-state index in [4.69, 9.17) is 0 Å². The molecule has 72 valence electrons. The lowest BCUT2D eigenvalue weighted by molar-refractivity contribution is -0.120. The molecule has 5 heteroatoms. The molecule has 0 bridgehead atoms. The first-order valence-electron chi connectivity index (χ1n) is 4.29. The van der Waals surface area contributed by atoms with Crippen LogP contribution in [0.4, 0.5) is 10.5 Å². The molecule has 2 heterocycles. The summed E-state index contributed by atoms with van der Waals surface area (Å²) in [7, 11) is 0. The van der Waals surface area contributed by atoms with Gasteiger partial charge in [-0.15, -0.1) is 0 Å². The van der Waals surface area contributed by atoms with Gasteiger partial charge in [0.2, 0.25) is 5.91 Å². The Kier molecular flexibility index (Phi) is 2.14. The third-order valence-electron chi connectivity index (χ3n) is 2.01. The van der Waals surface area contributed by atoms with Crippen molar-refractivity contribution in [3.63, 3.8) is 0 Å². The normalized spacial score (nSPS) is 16.7. The Labute approximate surface area is 80.7 Å². The van der Waals surface area contributed by atoms with Gasteiger partial charge in [-0.1, -0.05) is 0 Å². The highest BCUT2D eigenvalue weighted by Crippen LogP contribution is 2.14. The van der Waals surface area contributed by atoms with Crippen LogP contribution in [0.1, 0.15) is 6.42 Å². The number of pyridine rings is 1. The molecule has 1 N–H and O–H groups in total. The van der Waals surface area contributed by atoms with Crippen LogP contribution in [-0.2, 0) is 4.79 Å². The summed E-state index contributed by atoms with van der Waals surface area (Å²) in [6, 6.07) is 3.15. The highest BCUT2D eigenvalue weighted by atomic mass is 16.2. The Bertz CT molecular complexity index is 364. The molecule has 0 radical (unpaired) electrons. The first-order chi connectivity index (χ1) is 6.77. The number of hydrogen-bond donors (Lipinski definition) is 1. The van der Waals surface area contributed by atoms with Crippen molar-refractivity contribution in [2.45, 2.75) is 6.42 Å². The molecule has 2 rings (SSSR count). The van der Waals surface area contributed by atoms with Crippen LogP contribution in [0.3, 0.4) is 0 Å². The molecule has 0 aromatic carbocycles. The number of carbonyl (C=O) groups is 2. The van der Waals surface area contributed by atoms with E-state index in [1.54, 1.807) is 24.5 Å². The maximum absolute atomic E-state index is 11.4. The molecule has 0 aliphatic carbocycles. The summed E-state index contributed by atoms with van der Waals surface area (Å²) in [6.45, 7) is 0.413. The van der Waals surface area contributed by atoms with Crippen LogP contribution < -0.4 is 10.2 Å². The van der Waals surface area contributed by atoms with Gasteiger partial charge in [0, 0.05) is 19.2 Å². The third kappa shape index (κ3) is 1.56. The van der Waals surface area contributed by atoms with E-state index in [2.05, 4.69) is 10.3 Å². The van der Waals surface area contributed by atoms with E-state index in [0.29, 0.717) is 18.7 Å². The predicted molar refractivity (Wildman–Crippen MR) is 49.7 cm³/mol. The molecule has 3 amide bonds. The van der Waals surface area contributed by atoms with Gasteiger partial charge in [-0.3, -0.25) is 20.0 Å². The first-order valence-corrected chi connectivity index (χ1v) is 4.29. The zero-order chi connectivity index (χ0) is 9.97. The lowest BCUT2D eigenvalue weighted by Gasteiger charge is -2.25. The van der Waals surface area contributed by atoms with Crippen molar-refractivity contribution < 1.29 is 9.59 Å². The standard InChI is InChI=1S/C9H9N3O2/c13-8-3-5-12(9(14)11-8)7-2-1-4-10-6-7/h1-2,4,6H,3,5H2,(H,11,13,14). The maximum Gasteiger partial charge on any atom is 0.328 e. The van der Waals surface area contributed by atoms with Crippen LogP contribution in [0.2, 0.25) is 0 Å². The molecule has 1 aliphatic rings. The molecule has 0 spiro atoms. The Balaban J connectivity index is 2.20. The number of hydrogen-bond acceptors (Lipinski definition) is 3. The van der Waals surface area contributed by atoms with Gasteiger partial charge >= 0.3 is 6.03 Å². The first kappa shape index (κ1) is 8.68. The third-order valence-corrected chi connectivity index (χ3v) is 2.01. The Hall–Kier alpha value is -1.91. The number of imide groups is 1. The molecule has 1 fully saturated rings. The van der Waals surface area contributed by atoms with E-state index in [1.165, 1.54) is 4.90 Å². The molecule has 0 atom stereocenters. The quantitative estimate of drug-likeness (QED) is 0.704. The molecular formula is C9H9N3O2. The highest BCUT2D eigenvalue weighted by molar-refractivity contribution is 6.05. The van der Waals surface area contributed by atoms with E-state index in [0.717, 1.165) is 0 Å². The average molecular weight is 191 g/mol. The summed E-state index contributed by atoms with van der Waals surface area (Å²) in [5.41, 5.74) is 0.706. The van der Waals surface area contributed by atoms with E-state index >= 15 is 0 Å². The lowest BCUT2D eigenvalue weighted by Crippen LogP contribution is -2.49. The number of aromatic nitrogens is 1. The van der Waals surface area contributed by atoms with Crippen LogP contribution >= 0.6 is 0 Å². The second-order valence-electron chi connectivity index (χ2n) is 2.97. The summed E-state index contributed by atoms with van der Waals surface area (Å²) in [4.78, 5) is 27.6. The predicted octanol–water partition coefficient (Wildman–Crippen LogP) is 0.528. The van der Waals surface area contributed by atoms with Gasteiger partial charge in [-0.25, -0.2) is 4.79 Å². The molecule has 1 saturated heterocycles. The molecule has 0 unspecified atom stereocenters. The Morgan fingerprint density at radius 3 is 2.93 bits per heavy atom. The summed E-state index contributed by atoms with van der Waals surface area (Å²) in [6.07, 6.45) is 3.56. The SMILES string of the molecule is O=C1CCN(c2cccnc2)C(=O)N1. The van der Waals surface area contributed by atoms with Crippen LogP contribution in [-0.4, -0.2) is 23.5 Å². The zero-order valence-electron chi connectivity index (χ0n) is 7.43. The topological polar surface area (TPSA) is 62.3 Å². The van der Waals surface area contributed by atoms with Crippen LogP contribution in [0.25, 0.3) is 0 Å². The Morgan fingerprint density at radius 2 is 2.29 bits per heavy atom. The molecule has 1 aromatic rings. The summed E-state index contributed by atoms with van der Waals surface area (Å²) < 4.78 is 0. The average Bonchev–Trinajstić information content (AvgIpc) is 2.19. The largest absolute Gasteiger partial charge is 0.328 e. The van der Waals surface area contributed by atoms with Gasteiger partial charge in [0.05, 0.1) is 11.9 Å². The van der Waals surface area contributed by atoms with Crippen LogP contribution in [0.15, 0.2) is 24.5 Å². The van der Waals surface area contributed by atoms with Crippen molar-refractivity contribution in [3.8, 4) is 0 Å². The fourth-order valence-electron chi connectivity index (χ4n) is 1.32. The second kappa shape index (κ2) is 3.45. The van der Waals surface area contributed by atoms with Gasteiger partial charge < -0.3 is 0 Å². The molecule has 0 saturated carbocycles. The maximum atomic E-state index is 11.4. The van der Waals surface area contributed by atoms with Crippen LogP contribution in [0, 0.1) is 0 Å². The fraction of sp³-hybridized carbons (Fsp3) is 0.222. The summed E-state index contributed by atoms with van der Waals surface area (Å²) >= 11 is 0. The number of nitrogens with one attached hydrogen (secondary N) is 1. The Morgan fingerprint density at radius 1 is 1.43 bits per heavy atom. The van der Waals surface area contributed by atoms with Gasteiger partial charge in [0.15, 0.2) is 0 Å². The van der Waals surface area contributed by atoms with Crippen molar-refractivity contribution in [1.29, 1.82) is 0 Å². The minimum atomic E-state index is -0.380. The highest BCUT2D eigenvalue weighted by Gasteiger charge is 2.23. The lowest BCUT2D eigenvalue weighted by atomic mass is 10.3. The molecule has 14 heavy (non-hydrogen) atoms. The molecule has 1 aromatic heterocycles. The van der Waals surface area contributed by atoms with Gasteiger partial charge in [-0.2, -0.15) is 0 Å². The van der Waals surface area contributed by atoms with E-state index in [9.17, 15) is 9.59 Å². The van der Waals surface area contributed by atoms with Crippen molar-refractivity contribution in [2.24, 2.45) is 0 Å². The molecule has 1 aliphatic heterocycles. The van der Waals surface area contributed by atoms with Gasteiger partial charge in [-0.05, 0) is 12.1 Å². The summed E-state index contributed by atoms with van der Waals surface area (Å²) in [5, 5.41) is 2.25. The number of rotatable bonds is 1. The minimum Gasteiger partial charge on any atom is -0.292 e. The van der Waals surface area contributed by atoms with Crippen molar-refractivity contribution >= 4 is 17.6 Å². The summed E-state index contributed by atoms with van der Waals surface area (Å²) in [5.74, 6) is -0.227. The number of urea groups is 1. The van der Waals surface area contributed by atoms with Crippen molar-refractivity contribution in [3.05, 3.63) is 24.5 Å². The second-order valence-corrected chi connectivity index (χ2v) is 2.97. The number of carbonyl (C=O) groups excluding carboxylic acids is 2. The van der Waals surface area contributed by atoms with E-state index in [-0.39, 0.29) is 11.9 Å². The number of anilines is 1. The zero-order valence-corrected chi connectivity index (χ0v) is 7.43. The monoisotopic (exact) mass is 191 g/mol. The van der Waals surface area contributed by atoms with Crippen molar-refractivity contribution in [1.82, 2.24) is 10.3 Å². The molecule has 5 nitrogen and oxygen atoms in total. The smallest absolute Gasteiger partial charge is 0.292 e. The number of nitrogens with zero attached hydrogens (tertiary/aromatic N) is 2. The minimum absolute atomic E-state index is 0.227. The molecular weight excluding hydrogens is 182 g/mol. The van der Waals surface area contributed by atoms with E-state index < -0.39 is 0 Å². The van der Waals surface area contributed by atoms with E-state index in [1.807, 2.05) is 0 Å². The van der Waals surface area contributed by atoms with Gasteiger partial charge in [0.1, 0.15) is 0 Å². The van der Waals surface area contributed by atoms with Gasteiger partial charge in [0.25, 0.3) is 0 Å².